The molecule has 0 saturated carbocycles. The number of hydrogen-bond acceptors (Lipinski definition) is 6. The molecule has 1 aliphatic heterocycles. The summed E-state index contributed by atoms with van der Waals surface area (Å²) in [5.41, 5.74) is -0.0786. The molecule has 0 unspecified atom stereocenters. The lowest BCUT2D eigenvalue weighted by atomic mass is 9.96. The van der Waals surface area contributed by atoms with Crippen LogP contribution < -0.4 is 4.72 Å². The van der Waals surface area contributed by atoms with Crippen molar-refractivity contribution in [3.8, 4) is 5.82 Å². The number of pyridine rings is 1. The number of aromatic nitrogens is 5. The molecular formula is C20H19FN6O3S. The Bertz CT molecular complexity index is 1370. The van der Waals surface area contributed by atoms with E-state index in [9.17, 15) is 8.42 Å². The number of rotatable bonds is 5. The summed E-state index contributed by atoms with van der Waals surface area (Å²) in [5, 5.41) is 9.10. The lowest BCUT2D eigenvalue weighted by Gasteiger charge is -2.18. The highest BCUT2D eigenvalue weighted by Gasteiger charge is 2.37. The summed E-state index contributed by atoms with van der Waals surface area (Å²) in [6.07, 6.45) is 5.97. The first-order valence-corrected chi connectivity index (χ1v) is 11.1. The summed E-state index contributed by atoms with van der Waals surface area (Å²) in [4.78, 5) is 4.16. The molecule has 1 atom stereocenters. The normalized spacial score (nSPS) is 19.2. The summed E-state index contributed by atoms with van der Waals surface area (Å²) in [6.45, 7) is 0.339. The van der Waals surface area contributed by atoms with Gasteiger partial charge in [-0.3, -0.25) is 9.40 Å². The predicted molar refractivity (Wildman–Crippen MR) is 111 cm³/mol. The maximum absolute atomic E-state index is 15.0. The number of aryl methyl sites for hydroxylation is 1. The van der Waals surface area contributed by atoms with Gasteiger partial charge in [0, 0.05) is 25.1 Å². The van der Waals surface area contributed by atoms with Crippen LogP contribution in [0.25, 0.3) is 16.7 Å². The highest BCUT2D eigenvalue weighted by Crippen LogP contribution is 2.35. The molecule has 31 heavy (non-hydrogen) atoms. The molecule has 9 nitrogen and oxygen atoms in total. The van der Waals surface area contributed by atoms with Crippen molar-refractivity contribution in [2.45, 2.75) is 17.0 Å². The van der Waals surface area contributed by atoms with Gasteiger partial charge in [-0.2, -0.15) is 10.2 Å². The van der Waals surface area contributed by atoms with Gasteiger partial charge in [-0.05, 0) is 23.8 Å². The van der Waals surface area contributed by atoms with E-state index in [2.05, 4.69) is 19.9 Å². The quantitative estimate of drug-likeness (QED) is 0.509. The molecule has 0 bridgehead atoms. The average molecular weight is 442 g/mol. The molecule has 5 rings (SSSR count). The van der Waals surface area contributed by atoms with Gasteiger partial charge in [-0.1, -0.05) is 12.1 Å². The average Bonchev–Trinajstić information content (AvgIpc) is 3.49. The van der Waals surface area contributed by atoms with Gasteiger partial charge in [-0.15, -0.1) is 0 Å². The standard InChI is InChI=1S/C20H19FN6O3S/c1-26-19-14(10-23-26)3-2-4-17(19)25-31(28,29)16-11-24-27(12-16)18-9-15(5-7-22-18)20(21)6-8-30-13-20/h2-5,7,9-12,25H,6,8,13H2,1H3/t20-/m1/s1. The first-order valence-electron chi connectivity index (χ1n) is 9.58. The van der Waals surface area contributed by atoms with Gasteiger partial charge >= 0.3 is 0 Å². The summed E-state index contributed by atoms with van der Waals surface area (Å²) in [7, 11) is -2.18. The zero-order chi connectivity index (χ0) is 21.6. The third-order valence-corrected chi connectivity index (χ3v) is 6.67. The van der Waals surface area contributed by atoms with E-state index in [-0.39, 0.29) is 17.9 Å². The van der Waals surface area contributed by atoms with Gasteiger partial charge < -0.3 is 4.74 Å². The van der Waals surface area contributed by atoms with Gasteiger partial charge in [-0.25, -0.2) is 22.5 Å². The van der Waals surface area contributed by atoms with Crippen LogP contribution in [0.2, 0.25) is 0 Å². The van der Waals surface area contributed by atoms with Crippen LogP contribution in [0.5, 0.6) is 0 Å². The molecule has 160 valence electrons. The van der Waals surface area contributed by atoms with Crippen LogP contribution in [-0.2, 0) is 27.5 Å². The van der Waals surface area contributed by atoms with Crippen LogP contribution in [0.4, 0.5) is 10.1 Å². The van der Waals surface area contributed by atoms with Crippen molar-refractivity contribution in [2.75, 3.05) is 17.9 Å². The van der Waals surface area contributed by atoms with E-state index in [4.69, 9.17) is 4.74 Å². The molecule has 3 aromatic heterocycles. The van der Waals surface area contributed by atoms with Gasteiger partial charge in [0.25, 0.3) is 10.0 Å². The Morgan fingerprint density at radius 1 is 1.23 bits per heavy atom. The van der Waals surface area contributed by atoms with Crippen molar-refractivity contribution in [3.63, 3.8) is 0 Å². The Kier molecular flexibility index (Phi) is 4.52. The van der Waals surface area contributed by atoms with Gasteiger partial charge in [0.05, 0.1) is 43.0 Å². The minimum atomic E-state index is -3.92. The van der Waals surface area contributed by atoms with Crippen LogP contribution >= 0.6 is 0 Å². The smallest absolute Gasteiger partial charge is 0.265 e. The number of sulfonamides is 1. The topological polar surface area (TPSA) is 104 Å². The number of anilines is 1. The number of hydrogen-bond donors (Lipinski definition) is 1. The number of fused-ring (bicyclic) bond motifs is 1. The number of ether oxygens (including phenoxy) is 1. The molecule has 0 spiro atoms. The van der Waals surface area contributed by atoms with E-state index in [0.717, 1.165) is 5.39 Å². The number of halogens is 1. The van der Waals surface area contributed by atoms with E-state index in [0.29, 0.717) is 29.2 Å². The van der Waals surface area contributed by atoms with E-state index in [1.165, 1.54) is 23.3 Å². The Morgan fingerprint density at radius 2 is 2.10 bits per heavy atom. The molecule has 1 fully saturated rings. The Morgan fingerprint density at radius 3 is 2.90 bits per heavy atom. The molecule has 1 aromatic carbocycles. The minimum absolute atomic E-state index is 0.0152. The largest absolute Gasteiger partial charge is 0.378 e. The fraction of sp³-hybridized carbons (Fsp3) is 0.250. The third-order valence-electron chi connectivity index (χ3n) is 5.35. The van der Waals surface area contributed by atoms with E-state index in [1.807, 2.05) is 6.07 Å². The van der Waals surface area contributed by atoms with Crippen molar-refractivity contribution in [1.82, 2.24) is 24.5 Å². The number of alkyl halides is 1. The second kappa shape index (κ2) is 7.13. The van der Waals surface area contributed by atoms with Crippen LogP contribution in [0.1, 0.15) is 12.0 Å². The van der Waals surface area contributed by atoms with Gasteiger partial charge in [0.15, 0.2) is 11.5 Å². The molecule has 11 heteroatoms. The summed E-state index contributed by atoms with van der Waals surface area (Å²) >= 11 is 0. The van der Waals surface area contributed by atoms with Crippen molar-refractivity contribution < 1.29 is 17.5 Å². The number of nitrogens with one attached hydrogen (secondary N) is 1. The molecule has 1 aliphatic rings. The van der Waals surface area contributed by atoms with Gasteiger partial charge in [0.2, 0.25) is 0 Å². The Labute approximate surface area is 177 Å². The van der Waals surface area contributed by atoms with Gasteiger partial charge in [0.1, 0.15) is 4.90 Å². The Hall–Kier alpha value is -3.31. The van der Waals surface area contributed by atoms with E-state index >= 15 is 4.39 Å². The predicted octanol–water partition coefficient (Wildman–Crippen LogP) is 2.54. The van der Waals surface area contributed by atoms with Crippen molar-refractivity contribution in [1.29, 1.82) is 0 Å². The summed E-state index contributed by atoms with van der Waals surface area (Å²) in [5.74, 6) is 0.316. The second-order valence-corrected chi connectivity index (χ2v) is 9.09. The SMILES string of the molecule is Cn1ncc2cccc(NS(=O)(=O)c3cnn(-c4cc([C@@]5(F)CCOC5)ccn4)c3)c21. The lowest BCUT2D eigenvalue weighted by Crippen LogP contribution is -2.20. The first kappa shape index (κ1) is 19.6. The Balaban J connectivity index is 1.46. The second-order valence-electron chi connectivity index (χ2n) is 7.41. The third kappa shape index (κ3) is 3.45. The van der Waals surface area contributed by atoms with Crippen LogP contribution in [0, 0.1) is 0 Å². The monoisotopic (exact) mass is 442 g/mol. The molecule has 0 radical (unpaired) electrons. The van der Waals surface area contributed by atoms with Crippen LogP contribution in [0.15, 0.2) is 60.0 Å². The van der Waals surface area contributed by atoms with Crippen LogP contribution in [0.3, 0.4) is 0 Å². The zero-order valence-electron chi connectivity index (χ0n) is 16.6. The number of para-hydroxylation sites is 1. The minimum Gasteiger partial charge on any atom is -0.378 e. The lowest BCUT2D eigenvalue weighted by molar-refractivity contribution is 0.112. The highest BCUT2D eigenvalue weighted by molar-refractivity contribution is 7.92. The summed E-state index contributed by atoms with van der Waals surface area (Å²) in [6, 6.07) is 8.42. The maximum Gasteiger partial charge on any atom is 0.265 e. The zero-order valence-corrected chi connectivity index (χ0v) is 17.4. The van der Waals surface area contributed by atoms with Crippen molar-refractivity contribution in [2.24, 2.45) is 7.05 Å². The number of nitrogens with zero attached hydrogens (tertiary/aromatic N) is 5. The summed E-state index contributed by atoms with van der Waals surface area (Å²) < 4.78 is 51.6. The van der Waals surface area contributed by atoms with E-state index < -0.39 is 15.7 Å². The maximum atomic E-state index is 15.0. The van der Waals surface area contributed by atoms with Crippen molar-refractivity contribution >= 4 is 26.6 Å². The molecule has 1 N–H and O–H groups in total. The van der Waals surface area contributed by atoms with Crippen LogP contribution in [-0.4, -0.2) is 46.2 Å². The van der Waals surface area contributed by atoms with E-state index in [1.54, 1.807) is 42.2 Å². The first-order chi connectivity index (χ1) is 14.9. The molecule has 1 saturated heterocycles. The molecule has 4 heterocycles. The highest BCUT2D eigenvalue weighted by atomic mass is 32.2. The molecule has 4 aromatic rings. The fourth-order valence-corrected chi connectivity index (χ4v) is 4.68. The fourth-order valence-electron chi connectivity index (χ4n) is 3.68. The number of benzene rings is 1. The van der Waals surface area contributed by atoms with Crippen molar-refractivity contribution in [3.05, 3.63) is 60.7 Å². The molecular weight excluding hydrogens is 423 g/mol. The molecule has 0 aliphatic carbocycles. The molecule has 0 amide bonds.